The number of aliphatic imine (C=N–C) groups is 1. The minimum absolute atomic E-state index is 0.102. The molecule has 3 aromatic carbocycles. The van der Waals surface area contributed by atoms with Crippen LogP contribution in [0.4, 0.5) is 4.79 Å². The van der Waals surface area contributed by atoms with Gasteiger partial charge in [0.2, 0.25) is 10.0 Å². The molecule has 2 aliphatic heterocycles. The SMILES string of the molecule is CC(C)Oc1cc(C(C)(C)C)ccc1C1=N[C@@H](c2ccc(Cl)cc2)[C@@H](c2ccc(Cl)cc2)N1C(=O)N1CCN(CCNS(C)(=O)=O)CC1. The molecule has 48 heavy (non-hydrogen) atoms. The minimum atomic E-state index is -3.27. The molecule has 2 amide bonds. The van der Waals surface area contributed by atoms with E-state index in [2.05, 4.69) is 42.5 Å². The number of halogens is 2. The molecule has 0 radical (unpaired) electrons. The minimum Gasteiger partial charge on any atom is -0.490 e. The molecular weight excluding hydrogens is 669 g/mol. The highest BCUT2D eigenvalue weighted by atomic mass is 35.5. The summed E-state index contributed by atoms with van der Waals surface area (Å²) in [4.78, 5) is 26.0. The number of rotatable bonds is 9. The van der Waals surface area contributed by atoms with E-state index in [0.717, 1.165) is 28.5 Å². The van der Waals surface area contributed by atoms with Crippen LogP contribution in [0.15, 0.2) is 71.7 Å². The second kappa shape index (κ2) is 14.8. The van der Waals surface area contributed by atoms with Gasteiger partial charge in [0.1, 0.15) is 17.6 Å². The van der Waals surface area contributed by atoms with E-state index in [1.54, 1.807) is 0 Å². The molecule has 1 saturated heterocycles. The summed E-state index contributed by atoms with van der Waals surface area (Å²) in [5, 5.41) is 1.22. The van der Waals surface area contributed by atoms with Gasteiger partial charge in [-0.2, -0.15) is 0 Å². The highest BCUT2D eigenvalue weighted by Gasteiger charge is 2.45. The molecule has 0 spiro atoms. The van der Waals surface area contributed by atoms with Crippen LogP contribution < -0.4 is 9.46 Å². The van der Waals surface area contributed by atoms with Crippen molar-refractivity contribution < 1.29 is 17.9 Å². The average Bonchev–Trinajstić information content (AvgIpc) is 3.40. The van der Waals surface area contributed by atoms with E-state index < -0.39 is 22.1 Å². The third-order valence-corrected chi connectivity index (χ3v) is 9.81. The van der Waals surface area contributed by atoms with Crippen LogP contribution >= 0.6 is 23.2 Å². The van der Waals surface area contributed by atoms with Gasteiger partial charge in [-0.3, -0.25) is 14.8 Å². The molecule has 2 heterocycles. The van der Waals surface area contributed by atoms with E-state index in [-0.39, 0.29) is 17.6 Å². The van der Waals surface area contributed by atoms with Crippen molar-refractivity contribution in [3.8, 4) is 5.75 Å². The predicted octanol–water partition coefficient (Wildman–Crippen LogP) is 6.91. The van der Waals surface area contributed by atoms with Crippen molar-refractivity contribution in [1.82, 2.24) is 19.4 Å². The van der Waals surface area contributed by atoms with Crippen LogP contribution in [0.5, 0.6) is 5.75 Å². The summed E-state index contributed by atoms with van der Waals surface area (Å²) in [6, 6.07) is 20.3. The lowest BCUT2D eigenvalue weighted by Crippen LogP contribution is -2.54. The van der Waals surface area contributed by atoms with Gasteiger partial charge in [0, 0.05) is 49.3 Å². The summed E-state index contributed by atoms with van der Waals surface area (Å²) < 4.78 is 32.1. The lowest BCUT2D eigenvalue weighted by atomic mass is 9.86. The normalized spacial score (nSPS) is 19.1. The Morgan fingerprint density at radius 2 is 1.52 bits per heavy atom. The zero-order chi connectivity index (χ0) is 34.8. The van der Waals surface area contributed by atoms with Crippen LogP contribution in [-0.2, 0) is 15.4 Å². The molecule has 12 heteroatoms. The summed E-state index contributed by atoms with van der Waals surface area (Å²) in [7, 11) is -3.27. The highest BCUT2D eigenvalue weighted by Crippen LogP contribution is 2.46. The molecule has 5 rings (SSSR count). The molecule has 0 saturated carbocycles. The van der Waals surface area contributed by atoms with Crippen LogP contribution in [0.3, 0.4) is 0 Å². The Balaban J connectivity index is 1.58. The van der Waals surface area contributed by atoms with E-state index in [1.807, 2.05) is 78.2 Å². The van der Waals surface area contributed by atoms with Crippen LogP contribution in [0.1, 0.15) is 69.0 Å². The summed E-state index contributed by atoms with van der Waals surface area (Å²) in [5.74, 6) is 1.21. The highest BCUT2D eigenvalue weighted by molar-refractivity contribution is 7.88. The molecule has 3 aromatic rings. The average molecular weight is 715 g/mol. The van der Waals surface area contributed by atoms with Crippen molar-refractivity contribution in [1.29, 1.82) is 0 Å². The Kier molecular flexibility index (Phi) is 11.1. The van der Waals surface area contributed by atoms with Gasteiger partial charge in [-0.05, 0) is 72.4 Å². The molecule has 0 bridgehead atoms. The Hall–Kier alpha value is -3.15. The number of amidine groups is 1. The molecule has 1 N–H and O–H groups in total. The number of urea groups is 1. The van der Waals surface area contributed by atoms with E-state index >= 15 is 0 Å². The zero-order valence-corrected chi connectivity index (χ0v) is 30.7. The van der Waals surface area contributed by atoms with Crippen LogP contribution in [-0.4, -0.2) is 86.6 Å². The summed E-state index contributed by atoms with van der Waals surface area (Å²) in [6.45, 7) is 13.6. The van der Waals surface area contributed by atoms with E-state index in [1.165, 1.54) is 0 Å². The molecular formula is C36H45Cl2N5O4S. The first-order chi connectivity index (χ1) is 22.6. The van der Waals surface area contributed by atoms with E-state index in [9.17, 15) is 13.2 Å². The number of sulfonamides is 1. The quantitative estimate of drug-likeness (QED) is 0.260. The number of carbonyl (C=O) groups is 1. The Bertz CT molecular complexity index is 1730. The van der Waals surface area contributed by atoms with Gasteiger partial charge in [-0.1, -0.05) is 74.3 Å². The number of amides is 2. The first-order valence-electron chi connectivity index (χ1n) is 16.3. The van der Waals surface area contributed by atoms with Crippen LogP contribution in [0, 0.1) is 0 Å². The standard InChI is InChI=1S/C36H45Cl2N5O4S/c1-24(2)47-31-23-27(36(3,4)5)11-16-30(31)34-40-32(25-7-12-28(37)13-8-25)33(26-9-14-29(38)15-10-26)43(34)35(44)42-21-19-41(20-22-42)18-17-39-48(6,45)46/h7-16,23-24,32-33,39H,17-22H2,1-6H3/t32-,33+/m0/s1. The molecule has 2 aliphatic rings. The first-order valence-corrected chi connectivity index (χ1v) is 18.9. The number of nitrogens with one attached hydrogen (secondary N) is 1. The van der Waals surface area contributed by atoms with Crippen molar-refractivity contribution in [2.75, 3.05) is 45.5 Å². The van der Waals surface area contributed by atoms with Crippen molar-refractivity contribution in [2.45, 2.75) is 58.2 Å². The van der Waals surface area contributed by atoms with Crippen molar-refractivity contribution in [3.05, 3.63) is 99.0 Å². The third kappa shape index (κ3) is 8.71. The molecule has 2 atom stereocenters. The van der Waals surface area contributed by atoms with Crippen molar-refractivity contribution in [3.63, 3.8) is 0 Å². The fraction of sp³-hybridized carbons (Fsp3) is 0.444. The Labute approximate surface area is 294 Å². The first kappa shape index (κ1) is 36.1. The fourth-order valence-corrected chi connectivity index (χ4v) is 6.80. The van der Waals surface area contributed by atoms with Crippen molar-refractivity contribution in [2.24, 2.45) is 4.99 Å². The molecule has 0 unspecified atom stereocenters. The topological polar surface area (TPSA) is 94.6 Å². The number of benzene rings is 3. The van der Waals surface area contributed by atoms with E-state index in [4.69, 9.17) is 32.9 Å². The van der Waals surface area contributed by atoms with Crippen molar-refractivity contribution >= 4 is 45.1 Å². The second-order valence-electron chi connectivity index (χ2n) is 13.7. The van der Waals surface area contributed by atoms with Gasteiger partial charge in [-0.25, -0.2) is 17.9 Å². The third-order valence-electron chi connectivity index (χ3n) is 8.58. The number of ether oxygens (including phenoxy) is 1. The maximum Gasteiger partial charge on any atom is 0.326 e. The number of nitrogens with zero attached hydrogens (tertiary/aromatic N) is 4. The molecule has 1 fully saturated rings. The molecule has 0 aliphatic carbocycles. The monoisotopic (exact) mass is 713 g/mol. The molecule has 0 aromatic heterocycles. The molecule has 9 nitrogen and oxygen atoms in total. The van der Waals surface area contributed by atoms with E-state index in [0.29, 0.717) is 60.9 Å². The number of hydrogen-bond acceptors (Lipinski definition) is 6. The Morgan fingerprint density at radius 1 is 0.938 bits per heavy atom. The van der Waals surface area contributed by atoms with Gasteiger partial charge in [0.25, 0.3) is 0 Å². The summed E-state index contributed by atoms with van der Waals surface area (Å²) in [6.07, 6.45) is 1.05. The van der Waals surface area contributed by atoms with Gasteiger partial charge < -0.3 is 9.64 Å². The Morgan fingerprint density at radius 3 is 2.06 bits per heavy atom. The number of hydrogen-bond donors (Lipinski definition) is 1. The predicted molar refractivity (Wildman–Crippen MR) is 194 cm³/mol. The fourth-order valence-electron chi connectivity index (χ4n) is 6.08. The second-order valence-corrected chi connectivity index (χ2v) is 16.4. The lowest BCUT2D eigenvalue weighted by Gasteiger charge is -2.39. The smallest absolute Gasteiger partial charge is 0.326 e. The van der Waals surface area contributed by atoms with Gasteiger partial charge >= 0.3 is 6.03 Å². The van der Waals surface area contributed by atoms with Crippen LogP contribution in [0.25, 0.3) is 0 Å². The van der Waals surface area contributed by atoms with Gasteiger partial charge in [-0.15, -0.1) is 0 Å². The van der Waals surface area contributed by atoms with Gasteiger partial charge in [0.15, 0.2) is 0 Å². The largest absolute Gasteiger partial charge is 0.490 e. The zero-order valence-electron chi connectivity index (χ0n) is 28.4. The van der Waals surface area contributed by atoms with Gasteiger partial charge in [0.05, 0.1) is 24.0 Å². The molecule has 258 valence electrons. The maximum atomic E-state index is 14.9. The summed E-state index contributed by atoms with van der Waals surface area (Å²) in [5.41, 5.74) is 3.56. The maximum absolute atomic E-state index is 14.9. The van der Waals surface area contributed by atoms with Crippen LogP contribution in [0.2, 0.25) is 10.0 Å². The number of piperazine rings is 1. The summed E-state index contributed by atoms with van der Waals surface area (Å²) >= 11 is 12.6. The number of carbonyl (C=O) groups excluding carboxylic acids is 1. The lowest BCUT2D eigenvalue weighted by molar-refractivity contribution is 0.120.